The molecule has 0 aromatic carbocycles. The molecule has 1 aliphatic heterocycles. The van der Waals surface area contributed by atoms with Gasteiger partial charge >= 0.3 is 5.97 Å². The number of ether oxygens (including phenoxy) is 1. The maximum Gasteiger partial charge on any atom is 0.310 e. The van der Waals surface area contributed by atoms with Crippen LogP contribution < -0.4 is 0 Å². The number of hydrogen-bond acceptors (Lipinski definition) is 4. The van der Waals surface area contributed by atoms with E-state index in [0.29, 0.717) is 13.2 Å². The highest BCUT2D eigenvalue weighted by Gasteiger charge is 2.37. The van der Waals surface area contributed by atoms with Crippen molar-refractivity contribution in [1.29, 1.82) is 0 Å². The number of carbonyl (C=O) groups is 1. The van der Waals surface area contributed by atoms with E-state index >= 15 is 0 Å². The Hall–Kier alpha value is -0.430. The van der Waals surface area contributed by atoms with Crippen molar-refractivity contribution in [3.8, 4) is 0 Å². The maximum atomic E-state index is 11.2. The predicted molar refractivity (Wildman–Crippen MR) is 73.8 cm³/mol. The molecule has 0 amide bonds. The summed E-state index contributed by atoms with van der Waals surface area (Å²) in [5.41, 5.74) is 0. The minimum Gasteiger partial charge on any atom is -0.481 e. The quantitative estimate of drug-likeness (QED) is 0.899. The number of aliphatic carboxylic acids is 1. The molecule has 0 radical (unpaired) electrons. The molecule has 18 heavy (non-hydrogen) atoms. The molecule has 1 aromatic rings. The van der Waals surface area contributed by atoms with Crippen LogP contribution >= 0.6 is 27.3 Å². The predicted octanol–water partition coefficient (Wildman–Crippen LogP) is 2.43. The van der Waals surface area contributed by atoms with Crippen LogP contribution in [-0.2, 0) is 16.1 Å². The molecule has 4 nitrogen and oxygen atoms in total. The smallest absolute Gasteiger partial charge is 0.310 e. The molecule has 6 heteroatoms. The van der Waals surface area contributed by atoms with Crippen molar-refractivity contribution in [3.63, 3.8) is 0 Å². The third-order valence-electron chi connectivity index (χ3n) is 3.28. The maximum absolute atomic E-state index is 11.2. The van der Waals surface area contributed by atoms with Crippen molar-refractivity contribution >= 4 is 33.2 Å². The largest absolute Gasteiger partial charge is 0.481 e. The average molecular weight is 334 g/mol. The number of carboxylic acids is 1. The SMILES string of the molecule is CCN(Cc1sccc1Br)C1COCC1C(=O)O. The Labute approximate surface area is 119 Å². The van der Waals surface area contributed by atoms with Gasteiger partial charge in [-0.05, 0) is 33.9 Å². The molecule has 0 aliphatic carbocycles. The summed E-state index contributed by atoms with van der Waals surface area (Å²) in [6.45, 7) is 4.48. The lowest BCUT2D eigenvalue weighted by Crippen LogP contribution is -2.42. The van der Waals surface area contributed by atoms with Crippen LogP contribution in [0.4, 0.5) is 0 Å². The first kappa shape index (κ1) is 14.0. The molecule has 2 atom stereocenters. The lowest BCUT2D eigenvalue weighted by molar-refractivity contribution is -0.143. The monoisotopic (exact) mass is 333 g/mol. The van der Waals surface area contributed by atoms with Gasteiger partial charge in [-0.15, -0.1) is 11.3 Å². The highest BCUT2D eigenvalue weighted by molar-refractivity contribution is 9.10. The summed E-state index contributed by atoms with van der Waals surface area (Å²) in [7, 11) is 0. The third kappa shape index (κ3) is 2.93. The number of hydrogen-bond donors (Lipinski definition) is 1. The van der Waals surface area contributed by atoms with E-state index < -0.39 is 11.9 Å². The zero-order valence-electron chi connectivity index (χ0n) is 10.1. The molecule has 2 heterocycles. The van der Waals surface area contributed by atoms with E-state index in [1.807, 2.05) is 11.4 Å². The third-order valence-corrected chi connectivity index (χ3v) is 5.19. The van der Waals surface area contributed by atoms with Gasteiger partial charge in [-0.3, -0.25) is 9.69 Å². The highest BCUT2D eigenvalue weighted by atomic mass is 79.9. The summed E-state index contributed by atoms with van der Waals surface area (Å²) in [4.78, 5) is 14.6. The number of rotatable bonds is 5. The van der Waals surface area contributed by atoms with Gasteiger partial charge in [0.2, 0.25) is 0 Å². The van der Waals surface area contributed by atoms with Gasteiger partial charge in [0, 0.05) is 21.9 Å². The zero-order valence-corrected chi connectivity index (χ0v) is 12.5. The first-order chi connectivity index (χ1) is 8.63. The number of nitrogens with zero attached hydrogens (tertiary/aromatic N) is 1. The Bertz CT molecular complexity index is 423. The van der Waals surface area contributed by atoms with Gasteiger partial charge in [-0.1, -0.05) is 6.92 Å². The second-order valence-corrected chi connectivity index (χ2v) is 6.16. The van der Waals surface area contributed by atoms with E-state index in [0.717, 1.165) is 17.6 Å². The summed E-state index contributed by atoms with van der Waals surface area (Å²) in [6.07, 6.45) is 0. The molecule has 1 saturated heterocycles. The topological polar surface area (TPSA) is 49.8 Å². The number of likely N-dealkylation sites (N-methyl/N-ethyl adjacent to an activating group) is 1. The van der Waals surface area contributed by atoms with Crippen molar-refractivity contribution in [2.45, 2.75) is 19.5 Å². The van der Waals surface area contributed by atoms with Crippen LogP contribution in [0, 0.1) is 5.92 Å². The molecule has 0 saturated carbocycles. The molecule has 1 fully saturated rings. The van der Waals surface area contributed by atoms with E-state index in [-0.39, 0.29) is 6.04 Å². The molecular formula is C12H16BrNO3S. The van der Waals surface area contributed by atoms with Crippen molar-refractivity contribution in [2.24, 2.45) is 5.92 Å². The van der Waals surface area contributed by atoms with Gasteiger partial charge in [0.1, 0.15) is 0 Å². The van der Waals surface area contributed by atoms with Gasteiger partial charge in [0.25, 0.3) is 0 Å². The fraction of sp³-hybridized carbons (Fsp3) is 0.583. The first-order valence-electron chi connectivity index (χ1n) is 5.90. The number of thiophene rings is 1. The summed E-state index contributed by atoms with van der Waals surface area (Å²) in [5, 5.41) is 11.2. The lowest BCUT2D eigenvalue weighted by atomic mass is 10.0. The van der Waals surface area contributed by atoms with Crippen molar-refractivity contribution in [1.82, 2.24) is 4.90 Å². The molecule has 0 bridgehead atoms. The Morgan fingerprint density at radius 2 is 2.44 bits per heavy atom. The number of carboxylic acid groups (broad SMARTS) is 1. The fourth-order valence-electron chi connectivity index (χ4n) is 2.22. The van der Waals surface area contributed by atoms with Crippen molar-refractivity contribution in [3.05, 3.63) is 20.8 Å². The van der Waals surface area contributed by atoms with Crippen LogP contribution in [0.1, 0.15) is 11.8 Å². The fourth-order valence-corrected chi connectivity index (χ4v) is 3.73. The highest BCUT2D eigenvalue weighted by Crippen LogP contribution is 2.27. The Morgan fingerprint density at radius 1 is 1.67 bits per heavy atom. The lowest BCUT2D eigenvalue weighted by Gasteiger charge is -2.28. The van der Waals surface area contributed by atoms with E-state index in [1.165, 1.54) is 4.88 Å². The van der Waals surface area contributed by atoms with Crippen molar-refractivity contribution < 1.29 is 14.6 Å². The van der Waals surface area contributed by atoms with Crippen molar-refractivity contribution in [2.75, 3.05) is 19.8 Å². The minimum atomic E-state index is -0.763. The standard InChI is InChI=1S/C12H16BrNO3S/c1-2-14(5-11-9(13)3-4-18-11)10-7-17-6-8(10)12(15)16/h3-4,8,10H,2,5-7H2,1H3,(H,15,16). The van der Waals surface area contributed by atoms with Gasteiger partial charge < -0.3 is 9.84 Å². The van der Waals surface area contributed by atoms with E-state index in [4.69, 9.17) is 4.74 Å². The van der Waals surface area contributed by atoms with Crippen LogP contribution in [0.5, 0.6) is 0 Å². The van der Waals surface area contributed by atoms with Crippen LogP contribution in [0.2, 0.25) is 0 Å². The van der Waals surface area contributed by atoms with E-state index in [1.54, 1.807) is 11.3 Å². The zero-order chi connectivity index (χ0) is 13.1. The molecule has 100 valence electrons. The first-order valence-corrected chi connectivity index (χ1v) is 7.57. The second-order valence-electron chi connectivity index (χ2n) is 4.30. The molecule has 1 N–H and O–H groups in total. The van der Waals surface area contributed by atoms with Gasteiger partial charge in [-0.25, -0.2) is 0 Å². The second kappa shape index (κ2) is 6.14. The summed E-state index contributed by atoms with van der Waals surface area (Å²) >= 11 is 5.20. The Morgan fingerprint density at radius 3 is 3.00 bits per heavy atom. The van der Waals surface area contributed by atoms with Crippen LogP contribution in [0.3, 0.4) is 0 Å². The van der Waals surface area contributed by atoms with E-state index in [2.05, 4.69) is 27.8 Å². The summed E-state index contributed by atoms with van der Waals surface area (Å²) in [5.74, 6) is -1.18. The summed E-state index contributed by atoms with van der Waals surface area (Å²) < 4.78 is 6.43. The average Bonchev–Trinajstić information content (AvgIpc) is 2.95. The van der Waals surface area contributed by atoms with Crippen LogP contribution in [0.25, 0.3) is 0 Å². The minimum absolute atomic E-state index is 0.0264. The van der Waals surface area contributed by atoms with Gasteiger partial charge in [0.05, 0.1) is 19.1 Å². The molecule has 1 aromatic heterocycles. The van der Waals surface area contributed by atoms with Crippen LogP contribution in [-0.4, -0.2) is 41.8 Å². The Balaban J connectivity index is 2.09. The molecule has 2 rings (SSSR count). The molecule has 0 spiro atoms. The van der Waals surface area contributed by atoms with Gasteiger partial charge in [-0.2, -0.15) is 0 Å². The van der Waals surface area contributed by atoms with E-state index in [9.17, 15) is 9.90 Å². The molecule has 2 unspecified atom stereocenters. The van der Waals surface area contributed by atoms with Crippen LogP contribution in [0.15, 0.2) is 15.9 Å². The Kier molecular flexibility index (Phi) is 4.77. The summed E-state index contributed by atoms with van der Waals surface area (Å²) in [6, 6.07) is 2.00. The van der Waals surface area contributed by atoms with Gasteiger partial charge in [0.15, 0.2) is 0 Å². The molecule has 1 aliphatic rings. The normalized spacial score (nSPS) is 23.7. The molecular weight excluding hydrogens is 318 g/mol. The number of halogens is 1.